The van der Waals surface area contributed by atoms with Crippen LogP contribution in [-0.2, 0) is 0 Å². The van der Waals surface area contributed by atoms with E-state index in [-0.39, 0.29) is 16.3 Å². The van der Waals surface area contributed by atoms with Crippen LogP contribution >= 0.6 is 11.6 Å². The van der Waals surface area contributed by atoms with Crippen molar-refractivity contribution in [3.05, 3.63) is 28.5 Å². The zero-order valence-electron chi connectivity index (χ0n) is 5.41. The van der Waals surface area contributed by atoms with Crippen molar-refractivity contribution in [2.75, 3.05) is 0 Å². The molecule has 0 saturated heterocycles. The number of hydrogen-bond acceptors (Lipinski definition) is 3. The Balaban J connectivity index is 3.25. The number of pyridine rings is 1. The number of nitrogens with zero attached hydrogens (tertiary/aromatic N) is 2. The van der Waals surface area contributed by atoms with Gasteiger partial charge in [0.25, 0.3) is 0 Å². The Morgan fingerprint density at radius 2 is 2.45 bits per heavy atom. The highest BCUT2D eigenvalue weighted by molar-refractivity contribution is 6.31. The van der Waals surface area contributed by atoms with E-state index in [4.69, 9.17) is 16.9 Å². The van der Waals surface area contributed by atoms with E-state index in [1.807, 2.05) is 6.07 Å². The smallest absolute Gasteiger partial charge is 0.168 e. The van der Waals surface area contributed by atoms with Gasteiger partial charge in [0.15, 0.2) is 6.29 Å². The fourth-order valence-corrected chi connectivity index (χ4v) is 0.751. The van der Waals surface area contributed by atoms with Crippen molar-refractivity contribution in [2.45, 2.75) is 0 Å². The summed E-state index contributed by atoms with van der Waals surface area (Å²) in [6.07, 6.45) is 1.85. The molecule has 0 unspecified atom stereocenters. The van der Waals surface area contributed by atoms with E-state index in [0.29, 0.717) is 6.29 Å². The van der Waals surface area contributed by atoms with E-state index in [0.717, 1.165) is 0 Å². The van der Waals surface area contributed by atoms with Gasteiger partial charge in [0.2, 0.25) is 0 Å². The minimum Gasteiger partial charge on any atom is -0.296 e. The fraction of sp³-hybridized carbons (Fsp3) is 0. The summed E-state index contributed by atoms with van der Waals surface area (Å²) in [7, 11) is 0. The summed E-state index contributed by atoms with van der Waals surface area (Å²) in [4.78, 5) is 13.8. The maximum absolute atomic E-state index is 10.2. The summed E-state index contributed by atoms with van der Waals surface area (Å²) >= 11 is 5.55. The first-order valence-corrected chi connectivity index (χ1v) is 3.16. The molecule has 0 radical (unpaired) electrons. The van der Waals surface area contributed by atoms with Crippen LogP contribution in [0.5, 0.6) is 0 Å². The average molecular weight is 167 g/mol. The van der Waals surface area contributed by atoms with Crippen LogP contribution < -0.4 is 0 Å². The van der Waals surface area contributed by atoms with E-state index >= 15 is 0 Å². The van der Waals surface area contributed by atoms with Gasteiger partial charge < -0.3 is 0 Å². The number of aromatic nitrogens is 1. The molecule has 1 rings (SSSR count). The predicted molar refractivity (Wildman–Crippen MR) is 39.3 cm³/mol. The lowest BCUT2D eigenvalue weighted by Crippen LogP contribution is -1.88. The van der Waals surface area contributed by atoms with Crippen LogP contribution in [0.3, 0.4) is 0 Å². The first-order valence-electron chi connectivity index (χ1n) is 2.78. The van der Waals surface area contributed by atoms with Gasteiger partial charge in [0.05, 0.1) is 10.6 Å². The zero-order chi connectivity index (χ0) is 8.27. The van der Waals surface area contributed by atoms with Crippen LogP contribution in [0.15, 0.2) is 12.3 Å². The molecule has 11 heavy (non-hydrogen) atoms. The second kappa shape index (κ2) is 3.13. The quantitative estimate of drug-likeness (QED) is 0.593. The maximum Gasteiger partial charge on any atom is 0.168 e. The van der Waals surface area contributed by atoms with Crippen molar-refractivity contribution in [1.82, 2.24) is 4.98 Å². The first-order chi connectivity index (χ1) is 5.27. The molecule has 54 valence electrons. The fourth-order valence-electron chi connectivity index (χ4n) is 0.605. The standard InChI is InChI=1S/C7H3ClN2O/c8-7-3-10-6(4-11)1-5(7)2-9/h1,3-4H. The highest BCUT2D eigenvalue weighted by Crippen LogP contribution is 2.12. The van der Waals surface area contributed by atoms with Gasteiger partial charge in [-0.3, -0.25) is 9.78 Å². The molecule has 3 nitrogen and oxygen atoms in total. The van der Waals surface area contributed by atoms with E-state index in [1.54, 1.807) is 0 Å². The maximum atomic E-state index is 10.2. The number of carbonyl (C=O) groups is 1. The highest BCUT2D eigenvalue weighted by Gasteiger charge is 2.00. The highest BCUT2D eigenvalue weighted by atomic mass is 35.5. The van der Waals surface area contributed by atoms with Gasteiger partial charge in [0, 0.05) is 6.20 Å². The summed E-state index contributed by atoms with van der Waals surface area (Å²) in [5.41, 5.74) is 0.481. The Morgan fingerprint density at radius 1 is 1.73 bits per heavy atom. The molecule has 1 heterocycles. The molecular weight excluding hydrogens is 164 g/mol. The molecule has 0 fully saturated rings. The summed E-state index contributed by atoms with van der Waals surface area (Å²) in [5.74, 6) is 0. The number of aldehydes is 1. The number of hydrogen-bond donors (Lipinski definition) is 0. The van der Waals surface area contributed by atoms with E-state index in [9.17, 15) is 4.79 Å². The molecule has 0 N–H and O–H groups in total. The molecule has 0 aliphatic rings. The van der Waals surface area contributed by atoms with Gasteiger partial charge >= 0.3 is 0 Å². The van der Waals surface area contributed by atoms with Gasteiger partial charge in [-0.05, 0) is 6.07 Å². The second-order valence-corrected chi connectivity index (χ2v) is 2.23. The number of halogens is 1. The molecule has 0 bridgehead atoms. The minimum absolute atomic E-state index is 0.214. The van der Waals surface area contributed by atoms with Gasteiger partial charge in [-0.2, -0.15) is 5.26 Å². The lowest BCUT2D eigenvalue weighted by molar-refractivity contribution is 0.111. The Hall–Kier alpha value is -1.40. The Kier molecular flexibility index (Phi) is 2.19. The zero-order valence-corrected chi connectivity index (χ0v) is 6.17. The van der Waals surface area contributed by atoms with Gasteiger partial charge in [-0.25, -0.2) is 0 Å². The summed E-state index contributed by atoms with van der Waals surface area (Å²) < 4.78 is 0. The van der Waals surface area contributed by atoms with Crippen molar-refractivity contribution >= 4 is 17.9 Å². The monoisotopic (exact) mass is 166 g/mol. The molecule has 1 aromatic rings. The van der Waals surface area contributed by atoms with Gasteiger partial charge in [0.1, 0.15) is 11.8 Å². The third kappa shape index (κ3) is 1.54. The van der Waals surface area contributed by atoms with E-state index in [1.165, 1.54) is 12.3 Å². The third-order valence-corrected chi connectivity index (χ3v) is 1.42. The van der Waals surface area contributed by atoms with Crippen molar-refractivity contribution in [3.8, 4) is 6.07 Å². The second-order valence-electron chi connectivity index (χ2n) is 1.82. The summed E-state index contributed by atoms with van der Waals surface area (Å²) in [6, 6.07) is 3.18. The van der Waals surface area contributed by atoms with Crippen molar-refractivity contribution in [2.24, 2.45) is 0 Å². The van der Waals surface area contributed by atoms with Crippen LogP contribution in [0.2, 0.25) is 5.02 Å². The third-order valence-electron chi connectivity index (χ3n) is 1.12. The summed E-state index contributed by atoms with van der Waals surface area (Å²) in [6.45, 7) is 0. The number of nitriles is 1. The van der Waals surface area contributed by atoms with Crippen LogP contribution in [0.25, 0.3) is 0 Å². The van der Waals surface area contributed by atoms with Crippen LogP contribution in [0, 0.1) is 11.3 Å². The first kappa shape index (κ1) is 7.70. The predicted octanol–water partition coefficient (Wildman–Crippen LogP) is 1.42. The van der Waals surface area contributed by atoms with Gasteiger partial charge in [-0.15, -0.1) is 0 Å². The van der Waals surface area contributed by atoms with Crippen molar-refractivity contribution in [3.63, 3.8) is 0 Å². The normalized spacial score (nSPS) is 8.73. The molecule has 0 aromatic carbocycles. The van der Waals surface area contributed by atoms with E-state index in [2.05, 4.69) is 4.98 Å². The molecule has 4 heteroatoms. The Labute approximate surface area is 68.2 Å². The van der Waals surface area contributed by atoms with Crippen LogP contribution in [-0.4, -0.2) is 11.3 Å². The van der Waals surface area contributed by atoms with Crippen molar-refractivity contribution < 1.29 is 4.79 Å². The molecule has 0 spiro atoms. The van der Waals surface area contributed by atoms with E-state index < -0.39 is 0 Å². The van der Waals surface area contributed by atoms with Crippen LogP contribution in [0.1, 0.15) is 16.1 Å². The largest absolute Gasteiger partial charge is 0.296 e. The molecular formula is C7H3ClN2O. The molecule has 1 aromatic heterocycles. The topological polar surface area (TPSA) is 53.8 Å². The molecule has 0 atom stereocenters. The number of rotatable bonds is 1. The molecule has 0 aliphatic heterocycles. The SMILES string of the molecule is N#Cc1cc(C=O)ncc1Cl. The molecule has 0 amide bonds. The Bertz CT molecular complexity index is 330. The lowest BCUT2D eigenvalue weighted by atomic mass is 10.2. The lowest BCUT2D eigenvalue weighted by Gasteiger charge is -1.92. The molecule has 0 saturated carbocycles. The average Bonchev–Trinajstić information content (AvgIpc) is 2.05. The minimum atomic E-state index is 0.214. The van der Waals surface area contributed by atoms with Gasteiger partial charge in [-0.1, -0.05) is 11.6 Å². The van der Waals surface area contributed by atoms with Crippen LogP contribution in [0.4, 0.5) is 0 Å². The summed E-state index contributed by atoms with van der Waals surface area (Å²) in [5, 5.41) is 8.72. The van der Waals surface area contributed by atoms with Crippen molar-refractivity contribution in [1.29, 1.82) is 5.26 Å². The number of carbonyl (C=O) groups excluding carboxylic acids is 1. The molecule has 0 aliphatic carbocycles. The Morgan fingerprint density at radius 3 is 3.00 bits per heavy atom.